The molecule has 18 heavy (non-hydrogen) atoms. The summed E-state index contributed by atoms with van der Waals surface area (Å²) in [5, 5.41) is 24.7. The van der Waals surface area contributed by atoms with Crippen molar-refractivity contribution < 1.29 is 9.85 Å². The van der Waals surface area contributed by atoms with E-state index in [0.717, 1.165) is 18.9 Å². The van der Waals surface area contributed by atoms with Gasteiger partial charge in [-0.05, 0) is 18.9 Å². The second kappa shape index (κ2) is 5.09. The maximum atomic E-state index is 10.9. The quantitative estimate of drug-likeness (QED) is 0.638. The molecule has 0 aliphatic heterocycles. The van der Waals surface area contributed by atoms with E-state index in [1.54, 1.807) is 0 Å². The summed E-state index contributed by atoms with van der Waals surface area (Å²) < 4.78 is 0. The third kappa shape index (κ3) is 2.62. The predicted octanol–water partition coefficient (Wildman–Crippen LogP) is 2.15. The normalized spacial score (nSPS) is 15.1. The van der Waals surface area contributed by atoms with Crippen LogP contribution in [0.3, 0.4) is 0 Å². The molecular weight excluding hydrogens is 238 g/mol. The molecule has 0 radical (unpaired) electrons. The van der Waals surface area contributed by atoms with Crippen LogP contribution in [0.1, 0.15) is 24.8 Å². The van der Waals surface area contributed by atoms with Crippen LogP contribution in [0.4, 0.5) is 11.4 Å². The zero-order valence-electron chi connectivity index (χ0n) is 9.67. The maximum absolute atomic E-state index is 10.9. The number of nitrogens with one attached hydrogen (secondary N) is 1. The van der Waals surface area contributed by atoms with Crippen LogP contribution in [0.15, 0.2) is 18.2 Å². The Morgan fingerprint density at radius 2 is 1.94 bits per heavy atom. The second-order valence-corrected chi connectivity index (χ2v) is 4.34. The topological polar surface area (TPSA) is 98.3 Å². The van der Waals surface area contributed by atoms with E-state index in [4.69, 9.17) is 0 Å². The van der Waals surface area contributed by atoms with Gasteiger partial charge in [0.15, 0.2) is 0 Å². The standard InChI is InChI=1S/C11H13N3O4/c15-13(16)10-5-4-8(11(6-10)14(17)18)7-12-9-2-1-3-9/h4-6,9,12H,1-3,7H2. The Hall–Kier alpha value is -2.02. The van der Waals surface area contributed by atoms with E-state index in [1.165, 1.54) is 18.6 Å². The molecule has 96 valence electrons. The van der Waals surface area contributed by atoms with Crippen molar-refractivity contribution in [2.75, 3.05) is 0 Å². The van der Waals surface area contributed by atoms with Gasteiger partial charge in [0, 0.05) is 24.2 Å². The molecule has 7 heteroatoms. The Kier molecular flexibility index (Phi) is 3.52. The van der Waals surface area contributed by atoms with E-state index in [-0.39, 0.29) is 11.4 Å². The molecular formula is C11H13N3O4. The average molecular weight is 251 g/mol. The first-order chi connectivity index (χ1) is 8.58. The minimum atomic E-state index is -0.629. The minimum absolute atomic E-state index is 0.198. The van der Waals surface area contributed by atoms with Gasteiger partial charge in [-0.1, -0.05) is 6.42 Å². The highest BCUT2D eigenvalue weighted by atomic mass is 16.6. The van der Waals surface area contributed by atoms with Crippen LogP contribution in [0, 0.1) is 20.2 Å². The van der Waals surface area contributed by atoms with Crippen molar-refractivity contribution in [2.24, 2.45) is 0 Å². The van der Waals surface area contributed by atoms with Crippen LogP contribution in [-0.2, 0) is 6.54 Å². The summed E-state index contributed by atoms with van der Waals surface area (Å²) in [6, 6.07) is 4.17. The van der Waals surface area contributed by atoms with E-state index in [1.807, 2.05) is 0 Å². The van der Waals surface area contributed by atoms with Gasteiger partial charge in [-0.25, -0.2) is 0 Å². The Morgan fingerprint density at radius 3 is 2.44 bits per heavy atom. The van der Waals surface area contributed by atoms with Crippen molar-refractivity contribution in [1.29, 1.82) is 0 Å². The molecule has 7 nitrogen and oxygen atoms in total. The summed E-state index contributed by atoms with van der Waals surface area (Å²) in [5.74, 6) is 0. The minimum Gasteiger partial charge on any atom is -0.310 e. The summed E-state index contributed by atoms with van der Waals surface area (Å²) in [7, 11) is 0. The number of nitro groups is 2. The summed E-state index contributed by atoms with van der Waals surface area (Å²) in [6.45, 7) is 0.374. The molecule has 0 amide bonds. The third-order valence-corrected chi connectivity index (χ3v) is 3.16. The Labute approximate surface area is 103 Å². The molecule has 0 unspecified atom stereocenters. The number of rotatable bonds is 5. The van der Waals surface area contributed by atoms with Crippen molar-refractivity contribution in [3.63, 3.8) is 0 Å². The fourth-order valence-electron chi connectivity index (χ4n) is 1.85. The zero-order chi connectivity index (χ0) is 13.1. The molecule has 1 aliphatic rings. The molecule has 0 atom stereocenters. The van der Waals surface area contributed by atoms with E-state index in [2.05, 4.69) is 5.32 Å². The smallest absolute Gasteiger partial charge is 0.280 e. The van der Waals surface area contributed by atoms with E-state index in [0.29, 0.717) is 18.2 Å². The zero-order valence-corrected chi connectivity index (χ0v) is 9.67. The first kappa shape index (κ1) is 12.4. The van der Waals surface area contributed by atoms with Crippen LogP contribution >= 0.6 is 0 Å². The summed E-state index contributed by atoms with van der Waals surface area (Å²) >= 11 is 0. The molecule has 1 N–H and O–H groups in total. The molecule has 0 bridgehead atoms. The number of hydrogen-bond acceptors (Lipinski definition) is 5. The van der Waals surface area contributed by atoms with E-state index >= 15 is 0 Å². The lowest BCUT2D eigenvalue weighted by atomic mass is 9.93. The summed E-state index contributed by atoms with van der Waals surface area (Å²) in [6.07, 6.45) is 3.35. The number of nitrogens with zero attached hydrogens (tertiary/aromatic N) is 2. The van der Waals surface area contributed by atoms with Crippen LogP contribution in [0.5, 0.6) is 0 Å². The summed E-state index contributed by atoms with van der Waals surface area (Å²) in [5.41, 5.74) is 0.0302. The van der Waals surface area contributed by atoms with Crippen LogP contribution in [0.25, 0.3) is 0 Å². The van der Waals surface area contributed by atoms with Gasteiger partial charge in [-0.2, -0.15) is 0 Å². The number of nitro benzene ring substituents is 2. The molecule has 1 fully saturated rings. The van der Waals surface area contributed by atoms with Gasteiger partial charge in [0.2, 0.25) is 0 Å². The monoisotopic (exact) mass is 251 g/mol. The molecule has 0 aromatic heterocycles. The fraction of sp³-hybridized carbons (Fsp3) is 0.455. The van der Waals surface area contributed by atoms with Gasteiger partial charge in [0.25, 0.3) is 11.4 Å². The molecule has 1 saturated carbocycles. The third-order valence-electron chi connectivity index (χ3n) is 3.16. The Morgan fingerprint density at radius 1 is 1.22 bits per heavy atom. The SMILES string of the molecule is O=[N+]([O-])c1ccc(CNC2CCC2)c([N+](=O)[O-])c1. The largest absolute Gasteiger partial charge is 0.310 e. The fourth-order valence-corrected chi connectivity index (χ4v) is 1.85. The van der Waals surface area contributed by atoms with Gasteiger partial charge in [0.1, 0.15) is 0 Å². The van der Waals surface area contributed by atoms with Crippen LogP contribution in [-0.4, -0.2) is 15.9 Å². The lowest BCUT2D eigenvalue weighted by Crippen LogP contribution is -2.34. The van der Waals surface area contributed by atoms with Gasteiger partial charge in [0.05, 0.1) is 15.9 Å². The van der Waals surface area contributed by atoms with Crippen molar-refractivity contribution in [3.8, 4) is 0 Å². The first-order valence-corrected chi connectivity index (χ1v) is 5.73. The molecule has 1 aromatic rings. The summed E-state index contributed by atoms with van der Waals surface area (Å²) in [4.78, 5) is 20.2. The molecule has 0 spiro atoms. The highest BCUT2D eigenvalue weighted by Crippen LogP contribution is 2.25. The predicted molar refractivity (Wildman–Crippen MR) is 64.2 cm³/mol. The number of hydrogen-bond donors (Lipinski definition) is 1. The molecule has 1 aromatic carbocycles. The highest BCUT2D eigenvalue weighted by molar-refractivity contribution is 5.49. The second-order valence-electron chi connectivity index (χ2n) is 4.34. The average Bonchev–Trinajstić information content (AvgIpc) is 2.26. The van der Waals surface area contributed by atoms with Gasteiger partial charge >= 0.3 is 0 Å². The van der Waals surface area contributed by atoms with Crippen molar-refractivity contribution in [2.45, 2.75) is 31.8 Å². The molecule has 1 aliphatic carbocycles. The number of non-ortho nitro benzene ring substituents is 1. The molecule has 0 heterocycles. The highest BCUT2D eigenvalue weighted by Gasteiger charge is 2.21. The Balaban J connectivity index is 2.16. The van der Waals surface area contributed by atoms with E-state index in [9.17, 15) is 20.2 Å². The lowest BCUT2D eigenvalue weighted by molar-refractivity contribution is -0.394. The lowest BCUT2D eigenvalue weighted by Gasteiger charge is -2.26. The maximum Gasteiger partial charge on any atom is 0.280 e. The van der Waals surface area contributed by atoms with Crippen LogP contribution in [0.2, 0.25) is 0 Å². The van der Waals surface area contributed by atoms with E-state index < -0.39 is 9.85 Å². The molecule has 0 saturated heterocycles. The number of benzene rings is 1. The van der Waals surface area contributed by atoms with Gasteiger partial charge in [-0.15, -0.1) is 0 Å². The van der Waals surface area contributed by atoms with Crippen molar-refractivity contribution in [3.05, 3.63) is 44.0 Å². The van der Waals surface area contributed by atoms with Crippen molar-refractivity contribution >= 4 is 11.4 Å². The Bertz CT molecular complexity index is 485. The first-order valence-electron chi connectivity index (χ1n) is 5.73. The van der Waals surface area contributed by atoms with Crippen molar-refractivity contribution in [1.82, 2.24) is 5.32 Å². The van der Waals surface area contributed by atoms with Gasteiger partial charge < -0.3 is 5.32 Å². The van der Waals surface area contributed by atoms with Gasteiger partial charge in [-0.3, -0.25) is 20.2 Å². The van der Waals surface area contributed by atoms with Crippen LogP contribution < -0.4 is 5.32 Å². The molecule has 2 rings (SSSR count).